The molecule has 0 atom stereocenters. The predicted octanol–water partition coefficient (Wildman–Crippen LogP) is 1.36. The number of hydrogen-bond donors (Lipinski definition) is 0. The molecule has 1 aliphatic heterocycles. The van der Waals surface area contributed by atoms with Gasteiger partial charge in [0.05, 0.1) is 6.54 Å². The van der Waals surface area contributed by atoms with Crippen LogP contribution in [0, 0.1) is 5.41 Å². The van der Waals surface area contributed by atoms with Crippen molar-refractivity contribution in [1.82, 2.24) is 9.80 Å². The predicted molar refractivity (Wildman–Crippen MR) is 58.7 cm³/mol. The Labute approximate surface area is 91.2 Å². The van der Waals surface area contributed by atoms with Gasteiger partial charge in [-0.3, -0.25) is 4.79 Å². The van der Waals surface area contributed by atoms with Gasteiger partial charge < -0.3 is 9.80 Å². The first-order chi connectivity index (χ1) is 6.82. The molecule has 4 heteroatoms. The number of amides is 2. The molecule has 1 fully saturated rings. The van der Waals surface area contributed by atoms with Gasteiger partial charge in [-0.05, 0) is 6.42 Å². The molecule has 0 bridgehead atoms. The average molecular weight is 212 g/mol. The maximum Gasteiger partial charge on any atom is 0.320 e. The van der Waals surface area contributed by atoms with E-state index in [9.17, 15) is 9.59 Å². The minimum atomic E-state index is -0.365. The molecule has 0 aliphatic carbocycles. The molecule has 15 heavy (non-hydrogen) atoms. The summed E-state index contributed by atoms with van der Waals surface area (Å²) in [6.07, 6.45) is 0.944. The highest BCUT2D eigenvalue weighted by Gasteiger charge is 2.28. The minimum absolute atomic E-state index is 0.0288. The second kappa shape index (κ2) is 4.21. The second-order valence-corrected chi connectivity index (χ2v) is 5.15. The van der Waals surface area contributed by atoms with E-state index >= 15 is 0 Å². The Bertz CT molecular complexity index is 268. The third-order valence-electron chi connectivity index (χ3n) is 2.69. The summed E-state index contributed by atoms with van der Waals surface area (Å²) in [5, 5.41) is 0. The molecular formula is C11H20N2O2. The molecule has 0 unspecified atom stereocenters. The van der Waals surface area contributed by atoms with E-state index in [1.54, 1.807) is 16.8 Å². The highest BCUT2D eigenvalue weighted by molar-refractivity contribution is 5.89. The molecule has 0 radical (unpaired) electrons. The van der Waals surface area contributed by atoms with Crippen LogP contribution in [0.2, 0.25) is 0 Å². The highest BCUT2D eigenvalue weighted by atomic mass is 16.2. The minimum Gasteiger partial charge on any atom is -0.328 e. The van der Waals surface area contributed by atoms with Crippen molar-refractivity contribution in [3.8, 4) is 0 Å². The Balaban J connectivity index is 2.58. The fraction of sp³-hybridized carbons (Fsp3) is 0.818. The Morgan fingerprint density at radius 1 is 1.33 bits per heavy atom. The first-order valence-corrected chi connectivity index (χ1v) is 5.35. The van der Waals surface area contributed by atoms with Gasteiger partial charge in [-0.2, -0.15) is 0 Å². The molecule has 1 rings (SSSR count). The SMILES string of the molecule is CN1CCCN(CC(=O)C(C)(C)C)C1=O. The summed E-state index contributed by atoms with van der Waals surface area (Å²) in [6, 6.07) is -0.0288. The number of nitrogens with zero attached hydrogens (tertiary/aromatic N) is 2. The molecule has 0 spiro atoms. The van der Waals surface area contributed by atoms with E-state index in [4.69, 9.17) is 0 Å². The van der Waals surface area contributed by atoms with E-state index in [0.717, 1.165) is 13.0 Å². The quantitative estimate of drug-likeness (QED) is 0.693. The van der Waals surface area contributed by atoms with Gasteiger partial charge >= 0.3 is 6.03 Å². The molecule has 0 saturated carbocycles. The molecule has 0 aromatic heterocycles. The number of carbonyl (C=O) groups excluding carboxylic acids is 2. The number of rotatable bonds is 2. The van der Waals surface area contributed by atoms with Crippen LogP contribution in [0.5, 0.6) is 0 Å². The largest absolute Gasteiger partial charge is 0.328 e. The topological polar surface area (TPSA) is 40.6 Å². The normalized spacial score (nSPS) is 18.3. The summed E-state index contributed by atoms with van der Waals surface area (Å²) in [5.41, 5.74) is -0.365. The third kappa shape index (κ3) is 2.94. The van der Waals surface area contributed by atoms with Crippen molar-refractivity contribution in [1.29, 1.82) is 0 Å². The zero-order valence-corrected chi connectivity index (χ0v) is 10.0. The van der Waals surface area contributed by atoms with Crippen LogP contribution < -0.4 is 0 Å². The molecule has 1 saturated heterocycles. The number of carbonyl (C=O) groups is 2. The molecule has 0 aromatic rings. The Kier molecular flexibility index (Phi) is 3.37. The fourth-order valence-electron chi connectivity index (χ4n) is 1.49. The maximum atomic E-state index is 11.8. The van der Waals surface area contributed by atoms with Crippen LogP contribution in [0.15, 0.2) is 0 Å². The monoisotopic (exact) mass is 212 g/mol. The summed E-state index contributed by atoms with van der Waals surface area (Å²) in [5.74, 6) is 0.117. The number of hydrogen-bond acceptors (Lipinski definition) is 2. The number of ketones is 1. The van der Waals surface area contributed by atoms with Crippen molar-refractivity contribution in [3.05, 3.63) is 0 Å². The van der Waals surface area contributed by atoms with Crippen LogP contribution >= 0.6 is 0 Å². The van der Waals surface area contributed by atoms with Gasteiger partial charge in [-0.1, -0.05) is 20.8 Å². The van der Waals surface area contributed by atoms with E-state index in [1.807, 2.05) is 20.8 Å². The molecule has 0 aromatic carbocycles. The van der Waals surface area contributed by atoms with Crippen molar-refractivity contribution in [2.75, 3.05) is 26.7 Å². The molecule has 1 aliphatic rings. The summed E-state index contributed by atoms with van der Waals surface area (Å²) < 4.78 is 0. The summed E-state index contributed by atoms with van der Waals surface area (Å²) in [7, 11) is 1.77. The third-order valence-corrected chi connectivity index (χ3v) is 2.69. The van der Waals surface area contributed by atoms with E-state index in [1.165, 1.54) is 0 Å². The molecule has 0 N–H and O–H groups in total. The van der Waals surface area contributed by atoms with Crippen LogP contribution in [0.25, 0.3) is 0 Å². The lowest BCUT2D eigenvalue weighted by atomic mass is 9.90. The van der Waals surface area contributed by atoms with Crippen molar-refractivity contribution in [3.63, 3.8) is 0 Å². The molecule has 1 heterocycles. The van der Waals surface area contributed by atoms with Gasteiger partial charge in [-0.15, -0.1) is 0 Å². The first kappa shape index (κ1) is 12.0. The van der Waals surface area contributed by atoms with Gasteiger partial charge in [0, 0.05) is 25.6 Å². The van der Waals surface area contributed by atoms with E-state index in [-0.39, 0.29) is 23.8 Å². The van der Waals surface area contributed by atoms with Crippen molar-refractivity contribution in [2.24, 2.45) is 5.41 Å². The van der Waals surface area contributed by atoms with Crippen molar-refractivity contribution < 1.29 is 9.59 Å². The van der Waals surface area contributed by atoms with Crippen molar-refractivity contribution >= 4 is 11.8 Å². The molecular weight excluding hydrogens is 192 g/mol. The zero-order chi connectivity index (χ0) is 11.6. The van der Waals surface area contributed by atoms with E-state index in [2.05, 4.69) is 0 Å². The van der Waals surface area contributed by atoms with Crippen LogP contribution in [-0.4, -0.2) is 48.3 Å². The van der Waals surface area contributed by atoms with E-state index in [0.29, 0.717) is 6.54 Å². The Morgan fingerprint density at radius 2 is 1.93 bits per heavy atom. The van der Waals surface area contributed by atoms with Gasteiger partial charge in [0.15, 0.2) is 5.78 Å². The lowest BCUT2D eigenvalue weighted by Gasteiger charge is -2.34. The van der Waals surface area contributed by atoms with Crippen LogP contribution in [0.1, 0.15) is 27.2 Å². The summed E-state index contributed by atoms with van der Waals surface area (Å²) in [6.45, 7) is 7.38. The highest BCUT2D eigenvalue weighted by Crippen LogP contribution is 2.16. The molecule has 2 amide bonds. The Hall–Kier alpha value is -1.06. The fourth-order valence-corrected chi connectivity index (χ4v) is 1.49. The van der Waals surface area contributed by atoms with Gasteiger partial charge in [0.1, 0.15) is 0 Å². The van der Waals surface area contributed by atoms with Gasteiger partial charge in [0.2, 0.25) is 0 Å². The van der Waals surface area contributed by atoms with Gasteiger partial charge in [-0.25, -0.2) is 4.79 Å². The summed E-state index contributed by atoms with van der Waals surface area (Å²) in [4.78, 5) is 26.8. The van der Waals surface area contributed by atoms with E-state index < -0.39 is 0 Å². The number of Topliss-reactive ketones (excluding diaryl/α,β-unsaturated/α-hetero) is 1. The smallest absolute Gasteiger partial charge is 0.320 e. The first-order valence-electron chi connectivity index (χ1n) is 5.35. The standard InChI is InChI=1S/C11H20N2O2/c1-11(2,3)9(14)8-13-7-5-6-12(4)10(13)15/h5-8H2,1-4H3. The zero-order valence-electron chi connectivity index (χ0n) is 10.0. The van der Waals surface area contributed by atoms with Crippen molar-refractivity contribution in [2.45, 2.75) is 27.2 Å². The van der Waals surface area contributed by atoms with Gasteiger partial charge in [0.25, 0.3) is 0 Å². The van der Waals surface area contributed by atoms with Crippen LogP contribution in [0.4, 0.5) is 4.79 Å². The summed E-state index contributed by atoms with van der Waals surface area (Å²) >= 11 is 0. The average Bonchev–Trinajstić information content (AvgIpc) is 2.11. The lowest BCUT2D eigenvalue weighted by Crippen LogP contribution is -2.50. The van der Waals surface area contributed by atoms with Crippen LogP contribution in [0.3, 0.4) is 0 Å². The number of urea groups is 1. The Morgan fingerprint density at radius 3 is 2.47 bits per heavy atom. The second-order valence-electron chi connectivity index (χ2n) is 5.15. The lowest BCUT2D eigenvalue weighted by molar-refractivity contribution is -0.127. The van der Waals surface area contributed by atoms with Crippen LogP contribution in [-0.2, 0) is 4.79 Å². The molecule has 4 nitrogen and oxygen atoms in total. The maximum absolute atomic E-state index is 11.8. The molecule has 86 valence electrons.